The van der Waals surface area contributed by atoms with E-state index < -0.39 is 24.7 Å². The van der Waals surface area contributed by atoms with Gasteiger partial charge < -0.3 is 8.85 Å². The Kier molecular flexibility index (Phi) is 9.52. The van der Waals surface area contributed by atoms with Crippen LogP contribution in [0.1, 0.15) is 54.4 Å². The van der Waals surface area contributed by atoms with Gasteiger partial charge in [-0.1, -0.05) is 66.8 Å². The van der Waals surface area contributed by atoms with E-state index in [1.54, 1.807) is 0 Å². The summed E-state index contributed by atoms with van der Waals surface area (Å²) in [7, 11) is -4.64. The van der Waals surface area contributed by atoms with E-state index in [1.165, 1.54) is 11.6 Å². The highest BCUT2D eigenvalue weighted by atomic mass is 28.4. The topological polar surface area (TPSA) is 18.5 Å². The van der Waals surface area contributed by atoms with Crippen LogP contribution in [0.15, 0.2) is 12.2 Å². The zero-order valence-electron chi connectivity index (χ0n) is 20.9. The average Bonchev–Trinajstić information content (AvgIpc) is 2.32. The molecular weight excluding hydrogens is 380 g/mol. The van der Waals surface area contributed by atoms with E-state index in [0.29, 0.717) is 0 Å². The lowest BCUT2D eigenvalue weighted by Gasteiger charge is -2.40. The van der Waals surface area contributed by atoms with Crippen LogP contribution in [0.2, 0.25) is 61.9 Å². The quantitative estimate of drug-likeness (QED) is 0.257. The smallest absolute Gasteiger partial charge is 0.192 e. The van der Waals surface area contributed by atoms with Crippen molar-refractivity contribution in [2.24, 2.45) is 0 Å². The molecular formula is C22H50O2Si3. The van der Waals surface area contributed by atoms with Crippen LogP contribution >= 0.6 is 0 Å². The maximum atomic E-state index is 6.82. The SMILES string of the molecule is C=C(C[C@H](CCO[Si](C)(C)C(C)(C)C)O[Si](C)(C)C(C)(C)C)C[Si](C)(C)C. The third kappa shape index (κ3) is 10.1. The predicted octanol–water partition coefficient (Wildman–Crippen LogP) is 8.07. The fourth-order valence-electron chi connectivity index (χ4n) is 2.60. The second-order valence-corrected chi connectivity index (χ2v) is 27.6. The van der Waals surface area contributed by atoms with Crippen molar-refractivity contribution in [3.05, 3.63) is 12.2 Å². The third-order valence-electron chi connectivity index (χ3n) is 6.27. The zero-order valence-corrected chi connectivity index (χ0v) is 23.9. The largest absolute Gasteiger partial charge is 0.417 e. The maximum Gasteiger partial charge on any atom is 0.192 e. The van der Waals surface area contributed by atoms with Crippen LogP contribution in [-0.4, -0.2) is 37.4 Å². The summed E-state index contributed by atoms with van der Waals surface area (Å²) < 4.78 is 13.3. The molecule has 0 aliphatic rings. The van der Waals surface area contributed by atoms with Crippen LogP contribution in [0.3, 0.4) is 0 Å². The van der Waals surface area contributed by atoms with Crippen molar-refractivity contribution in [3.8, 4) is 0 Å². The van der Waals surface area contributed by atoms with Crippen molar-refractivity contribution >= 4 is 24.7 Å². The summed E-state index contributed by atoms with van der Waals surface area (Å²) in [5.74, 6) is 0. The van der Waals surface area contributed by atoms with Gasteiger partial charge in [0, 0.05) is 14.7 Å². The second-order valence-electron chi connectivity index (χ2n) is 12.6. The monoisotopic (exact) mass is 430 g/mol. The zero-order chi connectivity index (χ0) is 21.9. The van der Waals surface area contributed by atoms with Crippen molar-refractivity contribution in [2.45, 2.75) is 122 Å². The highest BCUT2D eigenvalue weighted by molar-refractivity contribution is 6.76. The first-order valence-electron chi connectivity index (χ1n) is 10.7. The van der Waals surface area contributed by atoms with Crippen molar-refractivity contribution in [1.29, 1.82) is 0 Å². The first-order valence-corrected chi connectivity index (χ1v) is 20.2. The molecule has 0 N–H and O–H groups in total. The summed E-state index contributed by atoms with van der Waals surface area (Å²) in [5.41, 5.74) is 1.37. The molecule has 0 saturated heterocycles. The Morgan fingerprint density at radius 3 is 1.63 bits per heavy atom. The molecule has 0 spiro atoms. The van der Waals surface area contributed by atoms with E-state index in [9.17, 15) is 0 Å². The summed E-state index contributed by atoms with van der Waals surface area (Å²) in [6, 6.07) is 1.19. The van der Waals surface area contributed by atoms with Gasteiger partial charge in [0.2, 0.25) is 0 Å². The summed E-state index contributed by atoms with van der Waals surface area (Å²) in [4.78, 5) is 0. The van der Waals surface area contributed by atoms with E-state index >= 15 is 0 Å². The number of hydrogen-bond donors (Lipinski definition) is 0. The van der Waals surface area contributed by atoms with Crippen LogP contribution in [0, 0.1) is 0 Å². The third-order valence-corrected chi connectivity index (χ3v) is 16.9. The van der Waals surface area contributed by atoms with Gasteiger partial charge in [-0.15, -0.1) is 6.58 Å². The molecule has 0 fully saturated rings. The maximum absolute atomic E-state index is 6.82. The lowest BCUT2D eigenvalue weighted by atomic mass is 10.1. The van der Waals surface area contributed by atoms with E-state index in [0.717, 1.165) is 19.4 Å². The summed E-state index contributed by atoms with van der Waals surface area (Å²) in [6.45, 7) is 35.7. The summed E-state index contributed by atoms with van der Waals surface area (Å²) in [5, 5.41) is 0.482. The van der Waals surface area contributed by atoms with Crippen molar-refractivity contribution in [3.63, 3.8) is 0 Å². The average molecular weight is 431 g/mol. The molecule has 0 radical (unpaired) electrons. The molecule has 0 aromatic carbocycles. The first-order chi connectivity index (χ1) is 11.7. The van der Waals surface area contributed by atoms with E-state index in [4.69, 9.17) is 8.85 Å². The van der Waals surface area contributed by atoms with Crippen molar-refractivity contribution in [2.75, 3.05) is 6.61 Å². The minimum absolute atomic E-state index is 0.228. The van der Waals surface area contributed by atoms with Gasteiger partial charge in [0.15, 0.2) is 16.6 Å². The van der Waals surface area contributed by atoms with Crippen LogP contribution in [0.25, 0.3) is 0 Å². The molecule has 0 saturated carbocycles. The van der Waals surface area contributed by atoms with E-state index in [1.807, 2.05) is 0 Å². The van der Waals surface area contributed by atoms with Gasteiger partial charge in [0.1, 0.15) is 0 Å². The number of rotatable bonds is 10. The molecule has 0 heterocycles. The van der Waals surface area contributed by atoms with Gasteiger partial charge >= 0.3 is 0 Å². The molecule has 1 atom stereocenters. The second kappa shape index (κ2) is 9.42. The molecule has 0 amide bonds. The molecule has 0 aromatic heterocycles. The van der Waals surface area contributed by atoms with Crippen LogP contribution in [-0.2, 0) is 8.85 Å². The molecule has 0 bridgehead atoms. The molecule has 0 rings (SSSR count). The molecule has 2 nitrogen and oxygen atoms in total. The minimum Gasteiger partial charge on any atom is -0.417 e. The summed E-state index contributed by atoms with van der Waals surface area (Å²) >= 11 is 0. The van der Waals surface area contributed by atoms with E-state index in [-0.39, 0.29) is 16.2 Å². The highest BCUT2D eigenvalue weighted by Crippen LogP contribution is 2.39. The number of hydrogen-bond acceptors (Lipinski definition) is 2. The Morgan fingerprint density at radius 2 is 1.26 bits per heavy atom. The fourth-order valence-corrected chi connectivity index (χ4v) is 6.70. The van der Waals surface area contributed by atoms with Crippen molar-refractivity contribution in [1.82, 2.24) is 0 Å². The Morgan fingerprint density at radius 1 is 0.815 bits per heavy atom. The molecule has 0 aromatic rings. The standard InChI is InChI=1S/C22H50O2Si3/c1-19(18-25(8,9)10)17-20(24-27(13,14)22(5,6)7)15-16-23-26(11,12)21(2,3)4/h20H,1,15-18H2,2-14H3/t20-/m0/s1. The van der Waals surface area contributed by atoms with Crippen LogP contribution in [0.4, 0.5) is 0 Å². The van der Waals surface area contributed by atoms with Gasteiger partial charge in [-0.05, 0) is 55.2 Å². The fraction of sp³-hybridized carbons (Fsp3) is 0.909. The minimum atomic E-state index is -1.80. The van der Waals surface area contributed by atoms with Gasteiger partial charge in [0.25, 0.3) is 0 Å². The summed E-state index contributed by atoms with van der Waals surface area (Å²) in [6.07, 6.45) is 2.20. The predicted molar refractivity (Wildman–Crippen MR) is 132 cm³/mol. The van der Waals surface area contributed by atoms with Crippen LogP contribution < -0.4 is 0 Å². The normalized spacial score (nSPS) is 15.7. The van der Waals surface area contributed by atoms with Crippen molar-refractivity contribution < 1.29 is 8.85 Å². The molecule has 162 valence electrons. The Labute approximate surface area is 174 Å². The Bertz CT molecular complexity index is 477. The van der Waals surface area contributed by atoms with Gasteiger partial charge in [-0.2, -0.15) is 0 Å². The molecule has 27 heavy (non-hydrogen) atoms. The lowest BCUT2D eigenvalue weighted by Crippen LogP contribution is -2.45. The van der Waals surface area contributed by atoms with Gasteiger partial charge in [0.05, 0.1) is 6.10 Å². The Balaban J connectivity index is 5.12. The molecule has 0 aliphatic carbocycles. The van der Waals surface area contributed by atoms with E-state index in [2.05, 4.69) is 94.0 Å². The van der Waals surface area contributed by atoms with Gasteiger partial charge in [-0.25, -0.2) is 0 Å². The lowest BCUT2D eigenvalue weighted by molar-refractivity contribution is 0.141. The molecule has 0 unspecified atom stereocenters. The first kappa shape index (κ1) is 27.3. The Hall–Kier alpha value is 0.311. The van der Waals surface area contributed by atoms with Crippen LogP contribution in [0.5, 0.6) is 0 Å². The van der Waals surface area contributed by atoms with Gasteiger partial charge in [-0.3, -0.25) is 0 Å². The molecule has 5 heteroatoms. The highest BCUT2D eigenvalue weighted by Gasteiger charge is 2.40. The molecule has 0 aliphatic heterocycles.